The van der Waals surface area contributed by atoms with Gasteiger partial charge >= 0.3 is 0 Å². The number of fused-ring (bicyclic) bond motifs is 1. The minimum Gasteiger partial charge on any atom is -0.496 e. The van der Waals surface area contributed by atoms with Crippen molar-refractivity contribution in [1.82, 2.24) is 0 Å². The van der Waals surface area contributed by atoms with Crippen LogP contribution in [0, 0.1) is 10.1 Å². The van der Waals surface area contributed by atoms with E-state index in [0.29, 0.717) is 11.4 Å². The predicted octanol–water partition coefficient (Wildman–Crippen LogP) is 3.05. The third-order valence-corrected chi connectivity index (χ3v) is 5.03. The molecule has 2 aromatic carbocycles. The number of nitrogens with zero attached hydrogens (tertiary/aromatic N) is 1. The Bertz CT molecular complexity index is 886. The van der Waals surface area contributed by atoms with Gasteiger partial charge in [0.2, 0.25) is 11.8 Å². The molecule has 26 heavy (non-hydrogen) atoms. The molecule has 0 saturated heterocycles. The first-order valence-corrected chi connectivity index (χ1v) is 8.54. The number of ether oxygens (including phenoxy) is 1. The molecule has 1 atom stereocenters. The summed E-state index contributed by atoms with van der Waals surface area (Å²) in [5.41, 5.74) is 0.496. The predicted molar refractivity (Wildman–Crippen MR) is 97.6 cm³/mol. The number of para-hydroxylation sites is 1. The summed E-state index contributed by atoms with van der Waals surface area (Å²) < 4.78 is 4.96. The number of anilines is 2. The van der Waals surface area contributed by atoms with Gasteiger partial charge in [0.25, 0.3) is 5.69 Å². The Morgan fingerprint density at radius 3 is 2.85 bits per heavy atom. The van der Waals surface area contributed by atoms with E-state index in [1.165, 1.54) is 37.1 Å². The third kappa shape index (κ3) is 3.77. The first-order chi connectivity index (χ1) is 12.5. The van der Waals surface area contributed by atoms with Crippen molar-refractivity contribution < 1.29 is 19.2 Å². The monoisotopic (exact) mass is 373 g/mol. The minimum atomic E-state index is -0.609. The van der Waals surface area contributed by atoms with E-state index in [9.17, 15) is 19.7 Å². The molecule has 3 rings (SSSR count). The molecule has 2 aromatic rings. The maximum Gasteiger partial charge on any atom is 0.296 e. The lowest BCUT2D eigenvalue weighted by Crippen LogP contribution is -2.32. The number of carbonyl (C=O) groups excluding carboxylic acids is 2. The van der Waals surface area contributed by atoms with Crippen LogP contribution in [-0.4, -0.2) is 29.1 Å². The second-order valence-electron chi connectivity index (χ2n) is 5.48. The van der Waals surface area contributed by atoms with Gasteiger partial charge in [-0.1, -0.05) is 12.1 Å². The van der Waals surface area contributed by atoms with E-state index in [2.05, 4.69) is 10.6 Å². The Labute approximate surface area is 153 Å². The second kappa shape index (κ2) is 7.44. The molecule has 0 aromatic heterocycles. The van der Waals surface area contributed by atoms with E-state index in [-0.39, 0.29) is 23.7 Å². The highest BCUT2D eigenvalue weighted by Gasteiger charge is 2.29. The summed E-state index contributed by atoms with van der Waals surface area (Å²) in [5, 5.41) is 15.8. The number of nitro groups is 1. The summed E-state index contributed by atoms with van der Waals surface area (Å²) in [7, 11) is 1.40. The van der Waals surface area contributed by atoms with Gasteiger partial charge in [-0.05, 0) is 24.3 Å². The van der Waals surface area contributed by atoms with E-state index in [1.54, 1.807) is 6.07 Å². The molecule has 0 saturated carbocycles. The van der Waals surface area contributed by atoms with Crippen molar-refractivity contribution in [1.29, 1.82) is 0 Å². The summed E-state index contributed by atoms with van der Waals surface area (Å²) in [5.74, 6) is -0.438. The molecule has 2 amide bonds. The van der Waals surface area contributed by atoms with Crippen LogP contribution in [0.5, 0.6) is 5.75 Å². The van der Waals surface area contributed by atoms with Gasteiger partial charge in [0.05, 0.1) is 29.0 Å². The zero-order chi connectivity index (χ0) is 18.7. The highest BCUT2D eigenvalue weighted by atomic mass is 32.2. The van der Waals surface area contributed by atoms with Gasteiger partial charge in [0.1, 0.15) is 11.4 Å². The van der Waals surface area contributed by atoms with Crippen molar-refractivity contribution in [3.8, 4) is 5.75 Å². The number of carbonyl (C=O) groups is 2. The van der Waals surface area contributed by atoms with Crippen LogP contribution in [0.4, 0.5) is 17.1 Å². The molecule has 0 radical (unpaired) electrons. The average Bonchev–Trinajstić information content (AvgIpc) is 2.62. The van der Waals surface area contributed by atoms with Crippen LogP contribution in [-0.2, 0) is 9.59 Å². The Morgan fingerprint density at radius 2 is 2.12 bits per heavy atom. The van der Waals surface area contributed by atoms with Crippen LogP contribution < -0.4 is 15.4 Å². The SMILES string of the molecule is COc1ccc(NC(=O)C[C@H]2Sc3ccccc3NC2=O)c([N+](=O)[O-])c1. The van der Waals surface area contributed by atoms with Crippen LogP contribution in [0.25, 0.3) is 0 Å². The lowest BCUT2D eigenvalue weighted by atomic mass is 10.2. The molecule has 1 heterocycles. The molecule has 0 spiro atoms. The van der Waals surface area contributed by atoms with Gasteiger partial charge in [-0.3, -0.25) is 19.7 Å². The summed E-state index contributed by atoms with van der Waals surface area (Å²) in [6, 6.07) is 11.5. The molecule has 134 valence electrons. The first-order valence-electron chi connectivity index (χ1n) is 7.67. The van der Waals surface area contributed by atoms with Gasteiger partial charge in [0, 0.05) is 11.3 Å². The molecule has 8 nitrogen and oxygen atoms in total. The average molecular weight is 373 g/mol. The molecule has 0 fully saturated rings. The maximum atomic E-state index is 12.3. The number of hydrogen-bond donors (Lipinski definition) is 2. The van der Waals surface area contributed by atoms with Crippen LogP contribution in [0.15, 0.2) is 47.4 Å². The largest absolute Gasteiger partial charge is 0.496 e. The zero-order valence-corrected chi connectivity index (χ0v) is 14.5. The fraction of sp³-hybridized carbons (Fsp3) is 0.176. The van der Waals surface area contributed by atoms with Crippen molar-refractivity contribution in [3.05, 3.63) is 52.6 Å². The third-order valence-electron chi connectivity index (χ3n) is 3.75. The van der Waals surface area contributed by atoms with Crippen molar-refractivity contribution in [2.75, 3.05) is 17.7 Å². The molecule has 9 heteroatoms. The van der Waals surface area contributed by atoms with Crippen LogP contribution in [0.3, 0.4) is 0 Å². The Balaban J connectivity index is 1.72. The minimum absolute atomic E-state index is 0.0578. The van der Waals surface area contributed by atoms with E-state index >= 15 is 0 Å². The molecule has 0 unspecified atom stereocenters. The Morgan fingerprint density at radius 1 is 1.35 bits per heavy atom. The number of thioether (sulfide) groups is 1. The fourth-order valence-electron chi connectivity index (χ4n) is 2.49. The van der Waals surface area contributed by atoms with E-state index < -0.39 is 16.1 Å². The number of nitrogens with one attached hydrogen (secondary N) is 2. The number of benzene rings is 2. The van der Waals surface area contributed by atoms with Crippen LogP contribution in [0.2, 0.25) is 0 Å². The van der Waals surface area contributed by atoms with Crippen molar-refractivity contribution in [2.24, 2.45) is 0 Å². The normalized spacial score (nSPS) is 15.6. The number of hydrogen-bond acceptors (Lipinski definition) is 6. The van der Waals surface area contributed by atoms with Crippen LogP contribution in [0.1, 0.15) is 6.42 Å². The van der Waals surface area contributed by atoms with Gasteiger partial charge in [-0.25, -0.2) is 0 Å². The molecular formula is C17H15N3O5S. The standard InChI is InChI=1S/C17H15N3O5S/c1-25-10-6-7-11(13(8-10)20(23)24)18-16(21)9-15-17(22)19-12-4-2-3-5-14(12)26-15/h2-8,15H,9H2,1H3,(H,18,21)(H,19,22)/t15-/m1/s1. The Hall–Kier alpha value is -3.07. The first kappa shape index (κ1) is 17.7. The van der Waals surface area contributed by atoms with Crippen molar-refractivity contribution in [2.45, 2.75) is 16.6 Å². The van der Waals surface area contributed by atoms with Crippen LogP contribution >= 0.6 is 11.8 Å². The van der Waals surface area contributed by atoms with E-state index in [4.69, 9.17) is 4.74 Å². The lowest BCUT2D eigenvalue weighted by molar-refractivity contribution is -0.384. The smallest absolute Gasteiger partial charge is 0.296 e. The number of rotatable bonds is 5. The van der Waals surface area contributed by atoms with Gasteiger partial charge in [-0.2, -0.15) is 0 Å². The van der Waals surface area contributed by atoms with Crippen molar-refractivity contribution >= 4 is 40.6 Å². The molecule has 1 aliphatic rings. The van der Waals surface area contributed by atoms with Gasteiger partial charge < -0.3 is 15.4 Å². The summed E-state index contributed by atoms with van der Waals surface area (Å²) in [4.78, 5) is 35.9. The quantitative estimate of drug-likeness (QED) is 0.616. The summed E-state index contributed by atoms with van der Waals surface area (Å²) in [6.07, 6.45) is -0.103. The topological polar surface area (TPSA) is 111 Å². The molecule has 0 bridgehead atoms. The highest BCUT2D eigenvalue weighted by molar-refractivity contribution is 8.01. The fourth-order valence-corrected chi connectivity index (χ4v) is 3.60. The lowest BCUT2D eigenvalue weighted by Gasteiger charge is -2.23. The van der Waals surface area contributed by atoms with Gasteiger partial charge in [-0.15, -0.1) is 11.8 Å². The summed E-state index contributed by atoms with van der Waals surface area (Å²) in [6.45, 7) is 0. The maximum absolute atomic E-state index is 12.3. The number of nitro benzene ring substituents is 1. The molecular weight excluding hydrogens is 358 g/mol. The number of amides is 2. The molecule has 1 aliphatic heterocycles. The van der Waals surface area contributed by atoms with Crippen molar-refractivity contribution in [3.63, 3.8) is 0 Å². The zero-order valence-electron chi connectivity index (χ0n) is 13.7. The highest BCUT2D eigenvalue weighted by Crippen LogP contribution is 2.37. The second-order valence-corrected chi connectivity index (χ2v) is 6.73. The Kier molecular flexibility index (Phi) is 5.08. The van der Waals surface area contributed by atoms with E-state index in [1.807, 2.05) is 18.2 Å². The molecule has 0 aliphatic carbocycles. The van der Waals surface area contributed by atoms with Gasteiger partial charge in [0.15, 0.2) is 0 Å². The van der Waals surface area contributed by atoms with E-state index in [0.717, 1.165) is 4.90 Å². The molecule has 2 N–H and O–H groups in total. The number of methoxy groups -OCH3 is 1. The summed E-state index contributed by atoms with van der Waals surface area (Å²) >= 11 is 1.29.